The van der Waals surface area contributed by atoms with Crippen molar-refractivity contribution in [3.63, 3.8) is 0 Å². The van der Waals surface area contributed by atoms with E-state index in [0.29, 0.717) is 28.3 Å². The van der Waals surface area contributed by atoms with Crippen molar-refractivity contribution in [2.45, 2.75) is 19.8 Å². The Labute approximate surface area is 170 Å². The van der Waals surface area contributed by atoms with Crippen molar-refractivity contribution in [3.05, 3.63) is 95.1 Å². The fourth-order valence-electron chi connectivity index (χ4n) is 2.91. The minimum absolute atomic E-state index is 0.225. The van der Waals surface area contributed by atoms with Gasteiger partial charge in [0.2, 0.25) is 0 Å². The molecule has 0 radical (unpaired) electrons. The number of hydrogen-bond acceptors (Lipinski definition) is 3. The van der Waals surface area contributed by atoms with E-state index in [1.807, 2.05) is 30.3 Å². The third kappa shape index (κ3) is 4.88. The number of nitrogens with zero attached hydrogens (tertiary/aromatic N) is 1. The second-order valence-corrected chi connectivity index (χ2v) is 6.92. The highest BCUT2D eigenvalue weighted by Crippen LogP contribution is 2.24. The Morgan fingerprint density at radius 3 is 1.90 bits per heavy atom. The first kappa shape index (κ1) is 19.8. The van der Waals surface area contributed by atoms with Gasteiger partial charge in [-0.15, -0.1) is 0 Å². The highest BCUT2D eigenvalue weighted by Gasteiger charge is 2.12. The first-order valence-electron chi connectivity index (χ1n) is 9.30. The summed E-state index contributed by atoms with van der Waals surface area (Å²) in [5.41, 5.74) is 3.89. The van der Waals surface area contributed by atoms with Gasteiger partial charge in [-0.25, -0.2) is 0 Å². The number of anilines is 2. The number of amides is 2. The second-order valence-electron chi connectivity index (χ2n) is 6.92. The van der Waals surface area contributed by atoms with E-state index in [0.717, 1.165) is 11.3 Å². The van der Waals surface area contributed by atoms with Crippen LogP contribution in [0.1, 0.15) is 51.6 Å². The van der Waals surface area contributed by atoms with Crippen molar-refractivity contribution in [2.75, 3.05) is 10.6 Å². The molecule has 5 heteroatoms. The van der Waals surface area contributed by atoms with Crippen LogP contribution in [-0.4, -0.2) is 11.8 Å². The molecule has 3 rings (SSSR count). The third-order valence-electron chi connectivity index (χ3n) is 4.51. The van der Waals surface area contributed by atoms with E-state index in [9.17, 15) is 9.59 Å². The summed E-state index contributed by atoms with van der Waals surface area (Å²) in [6.07, 6.45) is 0. The smallest absolute Gasteiger partial charge is 0.255 e. The van der Waals surface area contributed by atoms with Crippen LogP contribution in [0.25, 0.3) is 0 Å². The largest absolute Gasteiger partial charge is 0.322 e. The molecule has 0 heterocycles. The predicted octanol–water partition coefficient (Wildman–Crippen LogP) is 5.19. The summed E-state index contributed by atoms with van der Waals surface area (Å²) in [6.45, 7) is 4.15. The number of rotatable bonds is 5. The quantitative estimate of drug-likeness (QED) is 0.636. The van der Waals surface area contributed by atoms with E-state index < -0.39 is 0 Å². The van der Waals surface area contributed by atoms with Crippen LogP contribution in [0.4, 0.5) is 11.4 Å². The molecule has 0 bridgehead atoms. The maximum absolute atomic E-state index is 12.6. The van der Waals surface area contributed by atoms with E-state index in [4.69, 9.17) is 5.26 Å². The van der Waals surface area contributed by atoms with Crippen LogP contribution >= 0.6 is 0 Å². The first-order chi connectivity index (χ1) is 14.0. The standard InChI is InChI=1S/C24H21N3O2/c1-16(2)21-5-3-4-6-22(21)27-24(29)19-11-9-18(10-12-19)23(28)26-20-13-7-17(15-25)8-14-20/h3-14,16H,1-2H3,(H,26,28)(H,27,29). The zero-order chi connectivity index (χ0) is 20.8. The number of benzene rings is 3. The molecule has 0 saturated heterocycles. The number of nitrogens with one attached hydrogen (secondary N) is 2. The molecule has 2 N–H and O–H groups in total. The van der Waals surface area contributed by atoms with Crippen molar-refractivity contribution < 1.29 is 9.59 Å². The molecule has 3 aromatic carbocycles. The van der Waals surface area contributed by atoms with Crippen LogP contribution in [0.2, 0.25) is 0 Å². The summed E-state index contributed by atoms with van der Waals surface area (Å²) in [4.78, 5) is 25.0. The summed E-state index contributed by atoms with van der Waals surface area (Å²) >= 11 is 0. The zero-order valence-electron chi connectivity index (χ0n) is 16.3. The van der Waals surface area contributed by atoms with Gasteiger partial charge in [-0.1, -0.05) is 32.0 Å². The van der Waals surface area contributed by atoms with E-state index in [1.54, 1.807) is 48.5 Å². The Morgan fingerprint density at radius 1 is 0.793 bits per heavy atom. The van der Waals surface area contributed by atoms with Crippen LogP contribution in [0, 0.1) is 11.3 Å². The minimum Gasteiger partial charge on any atom is -0.322 e. The molecule has 0 aliphatic carbocycles. The number of carbonyl (C=O) groups is 2. The van der Waals surface area contributed by atoms with Crippen LogP contribution in [0.3, 0.4) is 0 Å². The first-order valence-corrected chi connectivity index (χ1v) is 9.30. The maximum atomic E-state index is 12.6. The molecule has 144 valence electrons. The van der Waals surface area contributed by atoms with E-state index >= 15 is 0 Å². The van der Waals surface area contributed by atoms with Gasteiger partial charge in [-0.05, 0) is 66.1 Å². The summed E-state index contributed by atoms with van der Waals surface area (Å²) < 4.78 is 0. The summed E-state index contributed by atoms with van der Waals surface area (Å²) in [7, 11) is 0. The average Bonchev–Trinajstić information content (AvgIpc) is 2.74. The lowest BCUT2D eigenvalue weighted by Crippen LogP contribution is -2.15. The monoisotopic (exact) mass is 383 g/mol. The highest BCUT2D eigenvalue weighted by atomic mass is 16.2. The topological polar surface area (TPSA) is 82.0 Å². The third-order valence-corrected chi connectivity index (χ3v) is 4.51. The van der Waals surface area contributed by atoms with Gasteiger partial charge in [-0.2, -0.15) is 5.26 Å². The van der Waals surface area contributed by atoms with Gasteiger partial charge < -0.3 is 10.6 Å². The Hall–Kier alpha value is -3.91. The molecule has 0 aliphatic rings. The van der Waals surface area contributed by atoms with Crippen LogP contribution < -0.4 is 10.6 Å². The van der Waals surface area contributed by atoms with Crippen LogP contribution in [-0.2, 0) is 0 Å². The van der Waals surface area contributed by atoms with Crippen molar-refractivity contribution in [1.82, 2.24) is 0 Å². The van der Waals surface area contributed by atoms with Crippen molar-refractivity contribution in [3.8, 4) is 6.07 Å². The molecule has 0 aromatic heterocycles. The van der Waals surface area contributed by atoms with E-state index in [-0.39, 0.29) is 11.8 Å². The minimum atomic E-state index is -0.285. The van der Waals surface area contributed by atoms with E-state index in [1.165, 1.54) is 0 Å². The van der Waals surface area contributed by atoms with Gasteiger partial charge in [0, 0.05) is 22.5 Å². The lowest BCUT2D eigenvalue weighted by Gasteiger charge is -2.13. The fraction of sp³-hybridized carbons (Fsp3) is 0.125. The van der Waals surface area contributed by atoms with E-state index in [2.05, 4.69) is 24.5 Å². The van der Waals surface area contributed by atoms with Gasteiger partial charge in [0.15, 0.2) is 0 Å². The number of carbonyl (C=O) groups excluding carboxylic acids is 2. The molecule has 0 unspecified atom stereocenters. The van der Waals surface area contributed by atoms with Crippen molar-refractivity contribution in [2.24, 2.45) is 0 Å². The molecule has 0 atom stereocenters. The Balaban J connectivity index is 1.68. The molecule has 5 nitrogen and oxygen atoms in total. The lowest BCUT2D eigenvalue weighted by molar-refractivity contribution is 0.101. The second kappa shape index (κ2) is 8.85. The van der Waals surface area contributed by atoms with Gasteiger partial charge >= 0.3 is 0 Å². The van der Waals surface area contributed by atoms with Crippen molar-refractivity contribution in [1.29, 1.82) is 5.26 Å². The molecule has 3 aromatic rings. The average molecular weight is 383 g/mol. The molecular weight excluding hydrogens is 362 g/mol. The normalized spacial score (nSPS) is 10.3. The molecule has 29 heavy (non-hydrogen) atoms. The Morgan fingerprint density at radius 2 is 1.34 bits per heavy atom. The summed E-state index contributed by atoms with van der Waals surface area (Å²) in [6, 6.07) is 22.8. The molecule has 0 fully saturated rings. The Kier molecular flexibility index (Phi) is 6.06. The van der Waals surface area contributed by atoms with Crippen LogP contribution in [0.5, 0.6) is 0 Å². The van der Waals surface area contributed by atoms with Crippen molar-refractivity contribution >= 4 is 23.2 Å². The number of nitriles is 1. The fourth-order valence-corrected chi connectivity index (χ4v) is 2.91. The molecular formula is C24H21N3O2. The Bertz CT molecular complexity index is 1060. The molecule has 0 spiro atoms. The van der Waals surface area contributed by atoms with Gasteiger partial charge in [0.1, 0.15) is 0 Å². The van der Waals surface area contributed by atoms with Gasteiger partial charge in [-0.3, -0.25) is 9.59 Å². The molecule has 2 amide bonds. The molecule has 0 saturated carbocycles. The van der Waals surface area contributed by atoms with Gasteiger partial charge in [0.25, 0.3) is 11.8 Å². The number of para-hydroxylation sites is 1. The van der Waals surface area contributed by atoms with Gasteiger partial charge in [0.05, 0.1) is 11.6 Å². The lowest BCUT2D eigenvalue weighted by atomic mass is 10.0. The summed E-state index contributed by atoms with van der Waals surface area (Å²) in [5, 5.41) is 14.5. The zero-order valence-corrected chi connectivity index (χ0v) is 16.3. The SMILES string of the molecule is CC(C)c1ccccc1NC(=O)c1ccc(C(=O)Nc2ccc(C#N)cc2)cc1. The summed E-state index contributed by atoms with van der Waals surface area (Å²) in [5.74, 6) is -0.219. The van der Waals surface area contributed by atoms with Crippen LogP contribution in [0.15, 0.2) is 72.8 Å². The molecule has 0 aliphatic heterocycles. The highest BCUT2D eigenvalue weighted by molar-refractivity contribution is 6.07. The predicted molar refractivity (Wildman–Crippen MR) is 114 cm³/mol. The number of hydrogen-bond donors (Lipinski definition) is 2. The maximum Gasteiger partial charge on any atom is 0.255 e.